The van der Waals surface area contributed by atoms with E-state index in [1.165, 1.54) is 6.39 Å². The number of amides is 1. The molecular formula is C14H13N3O2. The maximum absolute atomic E-state index is 11.9. The Bertz CT molecular complexity index is 656. The fourth-order valence-electron chi connectivity index (χ4n) is 2.39. The van der Waals surface area contributed by atoms with Crippen LogP contribution in [0.5, 0.6) is 0 Å². The molecule has 1 aromatic heterocycles. The van der Waals surface area contributed by atoms with Gasteiger partial charge in [0.15, 0.2) is 12.0 Å². The highest BCUT2D eigenvalue weighted by Crippen LogP contribution is 2.21. The van der Waals surface area contributed by atoms with Gasteiger partial charge in [-0.05, 0) is 24.1 Å². The Kier molecular flexibility index (Phi) is 2.92. The molecule has 0 spiro atoms. The number of piperidine rings is 1. The molecule has 1 aromatic carbocycles. The van der Waals surface area contributed by atoms with E-state index in [9.17, 15) is 4.79 Å². The van der Waals surface area contributed by atoms with Crippen LogP contribution in [-0.2, 0) is 11.3 Å². The van der Waals surface area contributed by atoms with E-state index in [4.69, 9.17) is 9.68 Å². The summed E-state index contributed by atoms with van der Waals surface area (Å²) in [5.41, 5.74) is 2.53. The fraction of sp³-hybridized carbons (Fsp3) is 0.357. The third-order valence-corrected chi connectivity index (χ3v) is 3.45. The Hall–Kier alpha value is -2.35. The van der Waals surface area contributed by atoms with Crippen molar-refractivity contribution in [3.8, 4) is 6.07 Å². The first kappa shape index (κ1) is 11.7. The van der Waals surface area contributed by atoms with Crippen LogP contribution in [0.3, 0.4) is 0 Å². The smallest absolute Gasteiger partial charge is 0.222 e. The highest BCUT2D eigenvalue weighted by Gasteiger charge is 2.25. The van der Waals surface area contributed by atoms with E-state index in [2.05, 4.69) is 11.1 Å². The van der Waals surface area contributed by atoms with Crippen molar-refractivity contribution >= 4 is 17.0 Å². The van der Waals surface area contributed by atoms with E-state index in [1.54, 1.807) is 4.90 Å². The average Bonchev–Trinajstić information content (AvgIpc) is 2.89. The maximum atomic E-state index is 11.9. The number of oxazole rings is 1. The molecule has 1 aliphatic heterocycles. The minimum Gasteiger partial charge on any atom is -0.443 e. The molecule has 5 nitrogen and oxygen atoms in total. The van der Waals surface area contributed by atoms with Crippen molar-refractivity contribution in [2.75, 3.05) is 6.54 Å². The van der Waals surface area contributed by atoms with Gasteiger partial charge in [0, 0.05) is 19.5 Å². The lowest BCUT2D eigenvalue weighted by Crippen LogP contribution is -2.38. The predicted molar refractivity (Wildman–Crippen MR) is 67.8 cm³/mol. The van der Waals surface area contributed by atoms with Gasteiger partial charge in [-0.1, -0.05) is 6.07 Å². The molecule has 1 amide bonds. The van der Waals surface area contributed by atoms with Crippen molar-refractivity contribution in [2.24, 2.45) is 5.92 Å². The van der Waals surface area contributed by atoms with E-state index in [-0.39, 0.29) is 11.8 Å². The van der Waals surface area contributed by atoms with Gasteiger partial charge < -0.3 is 9.32 Å². The number of hydrogen-bond acceptors (Lipinski definition) is 4. The summed E-state index contributed by atoms with van der Waals surface area (Å²) >= 11 is 0. The van der Waals surface area contributed by atoms with Crippen molar-refractivity contribution < 1.29 is 9.21 Å². The Morgan fingerprint density at radius 2 is 2.42 bits per heavy atom. The Balaban J connectivity index is 1.79. The number of nitrogens with zero attached hydrogens (tertiary/aromatic N) is 3. The zero-order chi connectivity index (χ0) is 13.2. The van der Waals surface area contributed by atoms with Crippen LogP contribution in [0.15, 0.2) is 29.0 Å². The quantitative estimate of drug-likeness (QED) is 0.823. The van der Waals surface area contributed by atoms with Crippen molar-refractivity contribution in [1.29, 1.82) is 5.26 Å². The lowest BCUT2D eigenvalue weighted by Gasteiger charge is -2.29. The number of carbonyl (C=O) groups excluding carboxylic acids is 1. The summed E-state index contributed by atoms with van der Waals surface area (Å²) in [5, 5.41) is 8.96. The van der Waals surface area contributed by atoms with Crippen LogP contribution < -0.4 is 0 Å². The molecule has 0 N–H and O–H groups in total. The van der Waals surface area contributed by atoms with Crippen LogP contribution in [0, 0.1) is 17.2 Å². The van der Waals surface area contributed by atoms with Crippen LogP contribution >= 0.6 is 0 Å². The second kappa shape index (κ2) is 4.73. The predicted octanol–water partition coefficient (Wildman–Crippen LogP) is 2.09. The number of rotatable bonds is 2. The summed E-state index contributed by atoms with van der Waals surface area (Å²) in [6.07, 6.45) is 2.54. The first-order valence-corrected chi connectivity index (χ1v) is 6.26. The van der Waals surface area contributed by atoms with Crippen LogP contribution in [0.25, 0.3) is 11.1 Å². The van der Waals surface area contributed by atoms with Crippen LogP contribution in [0.4, 0.5) is 0 Å². The van der Waals surface area contributed by atoms with Crippen LogP contribution in [0.2, 0.25) is 0 Å². The summed E-state index contributed by atoms with van der Waals surface area (Å²) in [6.45, 7) is 1.04. The number of nitriles is 1. The molecule has 0 saturated carbocycles. The number of aromatic nitrogens is 1. The maximum Gasteiger partial charge on any atom is 0.222 e. The molecular weight excluding hydrogens is 242 g/mol. The first-order valence-electron chi connectivity index (χ1n) is 6.26. The minimum atomic E-state index is -0.0493. The molecule has 1 saturated heterocycles. The van der Waals surface area contributed by atoms with Crippen molar-refractivity contribution in [2.45, 2.75) is 19.4 Å². The summed E-state index contributed by atoms with van der Waals surface area (Å²) < 4.78 is 5.25. The number of fused-ring (bicyclic) bond motifs is 1. The minimum absolute atomic E-state index is 0.0493. The standard InChI is InChI=1S/C14H13N3O2/c15-6-11-2-4-14(18)17(8-11)7-10-1-3-12-13(5-10)19-9-16-12/h1,3,5,9,11H,2,4,7-8H2. The molecule has 3 rings (SSSR count). The van der Waals surface area contributed by atoms with Crippen molar-refractivity contribution in [1.82, 2.24) is 9.88 Å². The van der Waals surface area contributed by atoms with Crippen LogP contribution in [0.1, 0.15) is 18.4 Å². The number of benzene rings is 1. The average molecular weight is 255 g/mol. The Morgan fingerprint density at radius 1 is 1.53 bits per heavy atom. The zero-order valence-electron chi connectivity index (χ0n) is 10.4. The molecule has 5 heteroatoms. The molecule has 2 aromatic rings. The normalized spacial score (nSPS) is 19.6. The van der Waals surface area contributed by atoms with E-state index in [0.717, 1.165) is 16.7 Å². The highest BCUT2D eigenvalue weighted by atomic mass is 16.3. The topological polar surface area (TPSA) is 70.1 Å². The molecule has 19 heavy (non-hydrogen) atoms. The number of likely N-dealkylation sites (tertiary alicyclic amines) is 1. The monoisotopic (exact) mass is 255 g/mol. The number of hydrogen-bond donors (Lipinski definition) is 0. The zero-order valence-corrected chi connectivity index (χ0v) is 10.4. The summed E-state index contributed by atoms with van der Waals surface area (Å²) in [6, 6.07) is 7.96. The highest BCUT2D eigenvalue weighted by molar-refractivity contribution is 5.77. The molecule has 0 radical (unpaired) electrons. The summed E-state index contributed by atoms with van der Waals surface area (Å²) in [4.78, 5) is 17.7. The Morgan fingerprint density at radius 3 is 3.26 bits per heavy atom. The largest absolute Gasteiger partial charge is 0.443 e. The second-order valence-corrected chi connectivity index (χ2v) is 4.79. The molecule has 96 valence electrons. The molecule has 0 bridgehead atoms. The van der Waals surface area contributed by atoms with E-state index in [0.29, 0.717) is 25.9 Å². The van der Waals surface area contributed by atoms with Gasteiger partial charge in [0.05, 0.1) is 12.0 Å². The van der Waals surface area contributed by atoms with Gasteiger partial charge in [-0.3, -0.25) is 4.79 Å². The molecule has 2 heterocycles. The van der Waals surface area contributed by atoms with E-state index < -0.39 is 0 Å². The molecule has 1 atom stereocenters. The Labute approximate surface area is 110 Å². The third kappa shape index (κ3) is 2.29. The SMILES string of the molecule is N#CC1CCC(=O)N(Cc2ccc3ncoc3c2)C1. The molecule has 1 fully saturated rings. The number of carbonyl (C=O) groups is 1. The molecule has 1 aliphatic rings. The van der Waals surface area contributed by atoms with Gasteiger partial charge in [0.25, 0.3) is 0 Å². The van der Waals surface area contributed by atoms with Gasteiger partial charge in [-0.15, -0.1) is 0 Å². The van der Waals surface area contributed by atoms with Gasteiger partial charge in [-0.25, -0.2) is 4.98 Å². The van der Waals surface area contributed by atoms with Gasteiger partial charge in [0.2, 0.25) is 5.91 Å². The van der Waals surface area contributed by atoms with Gasteiger partial charge in [0.1, 0.15) is 5.52 Å². The first-order chi connectivity index (χ1) is 9.26. The lowest BCUT2D eigenvalue weighted by molar-refractivity contribution is -0.134. The van der Waals surface area contributed by atoms with E-state index in [1.807, 2.05) is 18.2 Å². The molecule has 1 unspecified atom stereocenters. The van der Waals surface area contributed by atoms with Gasteiger partial charge in [-0.2, -0.15) is 5.26 Å². The fourth-order valence-corrected chi connectivity index (χ4v) is 2.39. The lowest BCUT2D eigenvalue weighted by atomic mass is 9.98. The third-order valence-electron chi connectivity index (χ3n) is 3.45. The van der Waals surface area contributed by atoms with Crippen LogP contribution in [-0.4, -0.2) is 22.3 Å². The summed E-state index contributed by atoms with van der Waals surface area (Å²) in [5.74, 6) is 0.0656. The van der Waals surface area contributed by atoms with Crippen molar-refractivity contribution in [3.63, 3.8) is 0 Å². The van der Waals surface area contributed by atoms with E-state index >= 15 is 0 Å². The second-order valence-electron chi connectivity index (χ2n) is 4.79. The molecule has 0 aliphatic carbocycles. The summed E-state index contributed by atoms with van der Waals surface area (Å²) in [7, 11) is 0. The van der Waals surface area contributed by atoms with Crippen molar-refractivity contribution in [3.05, 3.63) is 30.2 Å². The van der Waals surface area contributed by atoms with Gasteiger partial charge >= 0.3 is 0 Å².